The third-order valence-electron chi connectivity index (χ3n) is 3.02. The zero-order valence-corrected chi connectivity index (χ0v) is 11.1. The van der Waals surface area contributed by atoms with Gasteiger partial charge < -0.3 is 15.4 Å². The number of hydrogen-bond acceptors (Lipinski definition) is 4. The van der Waals surface area contributed by atoms with Crippen LogP contribution in [-0.4, -0.2) is 41.1 Å². The predicted molar refractivity (Wildman–Crippen MR) is 69.3 cm³/mol. The first-order valence-electron chi connectivity index (χ1n) is 6.04. The summed E-state index contributed by atoms with van der Waals surface area (Å²) >= 11 is 0. The predicted octanol–water partition coefficient (Wildman–Crippen LogP) is 1.22. The maximum Gasteiger partial charge on any atom is 0.257 e. The van der Waals surface area contributed by atoms with Gasteiger partial charge >= 0.3 is 0 Å². The summed E-state index contributed by atoms with van der Waals surface area (Å²) in [5.41, 5.74) is 7.34. The average molecular weight is 249 g/mol. The molecule has 0 bridgehead atoms. The van der Waals surface area contributed by atoms with Gasteiger partial charge in [0.15, 0.2) is 0 Å². The smallest absolute Gasteiger partial charge is 0.257 e. The molecule has 1 saturated heterocycles. The van der Waals surface area contributed by atoms with Crippen molar-refractivity contribution in [1.29, 1.82) is 0 Å². The van der Waals surface area contributed by atoms with Crippen LogP contribution < -0.4 is 5.73 Å². The van der Waals surface area contributed by atoms with Gasteiger partial charge in [-0.3, -0.25) is 9.78 Å². The van der Waals surface area contributed by atoms with Crippen LogP contribution in [0, 0.1) is 6.92 Å². The first-order chi connectivity index (χ1) is 8.39. The fraction of sp³-hybridized carbons (Fsp3) is 0.538. The first-order valence-corrected chi connectivity index (χ1v) is 6.04. The lowest BCUT2D eigenvalue weighted by atomic mass is 10.1. The highest BCUT2D eigenvalue weighted by atomic mass is 16.5. The Morgan fingerprint density at radius 1 is 1.56 bits per heavy atom. The van der Waals surface area contributed by atoms with Crippen molar-refractivity contribution in [2.24, 2.45) is 0 Å². The van der Waals surface area contributed by atoms with E-state index < -0.39 is 0 Å². The number of nitrogens with two attached hydrogens (primary N) is 1. The number of carbonyl (C=O) groups excluding carboxylic acids is 1. The normalized spacial score (nSPS) is 18.7. The van der Waals surface area contributed by atoms with Gasteiger partial charge in [-0.1, -0.05) is 0 Å². The van der Waals surface area contributed by atoms with Crippen molar-refractivity contribution in [3.63, 3.8) is 0 Å². The van der Waals surface area contributed by atoms with E-state index in [0.717, 1.165) is 5.69 Å². The molecule has 2 N–H and O–H groups in total. The second-order valence-corrected chi connectivity index (χ2v) is 5.25. The van der Waals surface area contributed by atoms with Crippen LogP contribution in [0.2, 0.25) is 0 Å². The van der Waals surface area contributed by atoms with Gasteiger partial charge in [0, 0.05) is 30.7 Å². The summed E-state index contributed by atoms with van der Waals surface area (Å²) in [7, 11) is 0. The molecule has 2 heterocycles. The molecule has 1 aromatic heterocycles. The Morgan fingerprint density at radius 2 is 2.28 bits per heavy atom. The molecule has 98 valence electrons. The lowest BCUT2D eigenvalue weighted by molar-refractivity contribution is -0.0763. The average Bonchev–Trinajstić information content (AvgIpc) is 2.27. The Labute approximate surface area is 107 Å². The molecule has 0 aromatic carbocycles. The van der Waals surface area contributed by atoms with Crippen LogP contribution in [0.4, 0.5) is 5.69 Å². The quantitative estimate of drug-likeness (QED) is 0.812. The monoisotopic (exact) mass is 249 g/mol. The maximum atomic E-state index is 12.4. The lowest BCUT2D eigenvalue weighted by Crippen LogP contribution is -2.50. The Hall–Kier alpha value is -1.62. The summed E-state index contributed by atoms with van der Waals surface area (Å²) in [6.45, 7) is 7.52. The van der Waals surface area contributed by atoms with Gasteiger partial charge in [-0.2, -0.15) is 0 Å². The minimum absolute atomic E-state index is 0.0728. The van der Waals surface area contributed by atoms with Crippen molar-refractivity contribution >= 4 is 11.6 Å². The minimum atomic E-state index is -0.305. The van der Waals surface area contributed by atoms with Gasteiger partial charge in [-0.25, -0.2) is 0 Å². The topological polar surface area (TPSA) is 68.5 Å². The summed E-state index contributed by atoms with van der Waals surface area (Å²) in [6.07, 6.45) is 1.55. The van der Waals surface area contributed by atoms with Crippen LogP contribution in [0.5, 0.6) is 0 Å². The zero-order chi connectivity index (χ0) is 13.3. The van der Waals surface area contributed by atoms with Crippen molar-refractivity contribution in [3.05, 3.63) is 23.5 Å². The molecule has 0 radical (unpaired) electrons. The fourth-order valence-corrected chi connectivity index (χ4v) is 2.12. The van der Waals surface area contributed by atoms with Crippen molar-refractivity contribution in [2.75, 3.05) is 25.4 Å². The van der Waals surface area contributed by atoms with Gasteiger partial charge in [0.1, 0.15) is 0 Å². The summed E-state index contributed by atoms with van der Waals surface area (Å²) in [5.74, 6) is -0.0728. The second kappa shape index (κ2) is 4.57. The molecule has 0 saturated carbocycles. The van der Waals surface area contributed by atoms with Gasteiger partial charge in [0.05, 0.1) is 17.8 Å². The number of nitrogen functional groups attached to an aromatic ring is 1. The molecule has 1 fully saturated rings. The minimum Gasteiger partial charge on any atom is -0.398 e. The summed E-state index contributed by atoms with van der Waals surface area (Å²) < 4.78 is 5.59. The third-order valence-corrected chi connectivity index (χ3v) is 3.02. The maximum absolute atomic E-state index is 12.4. The van der Waals surface area contributed by atoms with Crippen LogP contribution in [0.25, 0.3) is 0 Å². The van der Waals surface area contributed by atoms with Gasteiger partial charge in [-0.15, -0.1) is 0 Å². The molecule has 2 rings (SSSR count). The third kappa shape index (κ3) is 2.61. The zero-order valence-electron chi connectivity index (χ0n) is 11.1. The van der Waals surface area contributed by atoms with E-state index in [1.54, 1.807) is 17.2 Å². The van der Waals surface area contributed by atoms with Gasteiger partial charge in [0.25, 0.3) is 5.91 Å². The van der Waals surface area contributed by atoms with E-state index in [-0.39, 0.29) is 11.5 Å². The molecule has 5 heteroatoms. The highest BCUT2D eigenvalue weighted by molar-refractivity contribution is 5.98. The number of ether oxygens (including phenoxy) is 1. The van der Waals surface area contributed by atoms with E-state index >= 15 is 0 Å². The van der Waals surface area contributed by atoms with Crippen LogP contribution in [-0.2, 0) is 4.74 Å². The molecule has 0 unspecified atom stereocenters. The number of aryl methyl sites for hydroxylation is 1. The lowest BCUT2D eigenvalue weighted by Gasteiger charge is -2.38. The van der Waals surface area contributed by atoms with Gasteiger partial charge in [0.2, 0.25) is 0 Å². The van der Waals surface area contributed by atoms with Gasteiger partial charge in [-0.05, 0) is 26.8 Å². The second-order valence-electron chi connectivity index (χ2n) is 5.25. The first kappa shape index (κ1) is 12.8. The molecule has 0 aliphatic carbocycles. The van der Waals surface area contributed by atoms with Crippen LogP contribution in [0.3, 0.4) is 0 Å². The van der Waals surface area contributed by atoms with Crippen LogP contribution >= 0.6 is 0 Å². The van der Waals surface area contributed by atoms with E-state index in [4.69, 9.17) is 10.5 Å². The molecule has 1 aromatic rings. The molecule has 1 amide bonds. The molecule has 1 aliphatic heterocycles. The number of nitrogens with zero attached hydrogens (tertiary/aromatic N) is 2. The molecular formula is C13H19N3O2. The van der Waals surface area contributed by atoms with Crippen molar-refractivity contribution in [1.82, 2.24) is 9.88 Å². The molecule has 0 atom stereocenters. The largest absolute Gasteiger partial charge is 0.398 e. The summed E-state index contributed by atoms with van der Waals surface area (Å²) in [6, 6.07) is 1.72. The van der Waals surface area contributed by atoms with E-state index in [2.05, 4.69) is 4.98 Å². The molecule has 18 heavy (non-hydrogen) atoms. The van der Waals surface area contributed by atoms with Crippen molar-refractivity contribution < 1.29 is 9.53 Å². The van der Waals surface area contributed by atoms with Crippen LogP contribution in [0.1, 0.15) is 29.9 Å². The number of hydrogen-bond donors (Lipinski definition) is 1. The van der Waals surface area contributed by atoms with Crippen LogP contribution in [0.15, 0.2) is 12.3 Å². The van der Waals surface area contributed by atoms with E-state index in [1.807, 2.05) is 20.8 Å². The number of rotatable bonds is 1. The van der Waals surface area contributed by atoms with E-state index in [1.165, 1.54) is 0 Å². The SMILES string of the molecule is Cc1cc(N)c(C(=O)N2CCOC(C)(C)C2)cn1. The molecular weight excluding hydrogens is 230 g/mol. The number of aromatic nitrogens is 1. The number of amides is 1. The van der Waals surface area contributed by atoms with Crippen molar-refractivity contribution in [2.45, 2.75) is 26.4 Å². The fourth-order valence-electron chi connectivity index (χ4n) is 2.12. The summed E-state index contributed by atoms with van der Waals surface area (Å²) in [5, 5.41) is 0. The Morgan fingerprint density at radius 3 is 2.89 bits per heavy atom. The molecule has 0 spiro atoms. The standard InChI is InChI=1S/C13H19N3O2/c1-9-6-11(14)10(7-15-9)12(17)16-4-5-18-13(2,3)8-16/h6-7H,4-5,8H2,1-3H3,(H2,14,15). The summed E-state index contributed by atoms with van der Waals surface area (Å²) in [4.78, 5) is 18.3. The van der Waals surface area contributed by atoms with E-state index in [0.29, 0.717) is 30.9 Å². The highest BCUT2D eigenvalue weighted by Crippen LogP contribution is 2.20. The number of morpholine rings is 1. The molecule has 1 aliphatic rings. The van der Waals surface area contributed by atoms with Crippen molar-refractivity contribution in [3.8, 4) is 0 Å². The van der Waals surface area contributed by atoms with E-state index in [9.17, 15) is 4.79 Å². The Kier molecular flexibility index (Phi) is 3.26. The Bertz CT molecular complexity index is 471. The molecule has 5 nitrogen and oxygen atoms in total. The number of carbonyl (C=O) groups is 1. The highest BCUT2D eigenvalue weighted by Gasteiger charge is 2.31. The number of pyridine rings is 1. The number of anilines is 1. The Balaban J connectivity index is 2.20.